The number of methoxy groups -OCH3 is 1. The van der Waals surface area contributed by atoms with Crippen molar-refractivity contribution in [2.24, 2.45) is 17.8 Å². The molecule has 2 fully saturated rings. The highest BCUT2D eigenvalue weighted by atomic mass is 16.5. The Balaban J connectivity index is 1.51. The van der Waals surface area contributed by atoms with Crippen LogP contribution in [0.15, 0.2) is 24.3 Å². The third-order valence-electron chi connectivity index (χ3n) is 5.14. The highest BCUT2D eigenvalue weighted by Gasteiger charge is 2.42. The summed E-state index contributed by atoms with van der Waals surface area (Å²) in [4.78, 5) is 12.1. The Bertz CT molecular complexity index is 500. The zero-order valence-corrected chi connectivity index (χ0v) is 12.8. The van der Waals surface area contributed by atoms with Gasteiger partial charge in [0.2, 0.25) is 0 Å². The summed E-state index contributed by atoms with van der Waals surface area (Å²) in [6.07, 6.45) is 5.40. The van der Waals surface area contributed by atoms with Gasteiger partial charge in [-0.25, -0.2) is 4.79 Å². The fraction of sp³-hybridized carbons (Fsp3) is 0.588. The summed E-state index contributed by atoms with van der Waals surface area (Å²) in [5, 5.41) is 5.99. The molecule has 2 saturated carbocycles. The first-order valence-electron chi connectivity index (χ1n) is 7.87. The van der Waals surface area contributed by atoms with E-state index in [9.17, 15) is 4.79 Å². The quantitative estimate of drug-likeness (QED) is 0.888. The topological polar surface area (TPSA) is 50.4 Å². The Kier molecular flexibility index (Phi) is 4.04. The largest absolute Gasteiger partial charge is 0.497 e. The molecule has 2 aliphatic rings. The maximum Gasteiger partial charge on any atom is 0.319 e. The number of benzene rings is 1. The highest BCUT2D eigenvalue weighted by molar-refractivity contribution is 5.89. The molecular weight excluding hydrogens is 264 g/mol. The smallest absolute Gasteiger partial charge is 0.319 e. The van der Waals surface area contributed by atoms with Crippen LogP contribution in [0.2, 0.25) is 0 Å². The van der Waals surface area contributed by atoms with E-state index in [1.807, 2.05) is 24.3 Å². The van der Waals surface area contributed by atoms with Crippen molar-refractivity contribution in [3.63, 3.8) is 0 Å². The molecule has 4 nitrogen and oxygen atoms in total. The zero-order chi connectivity index (χ0) is 14.8. The van der Waals surface area contributed by atoms with Gasteiger partial charge in [-0.2, -0.15) is 0 Å². The summed E-state index contributed by atoms with van der Waals surface area (Å²) < 4.78 is 5.11. The lowest BCUT2D eigenvalue weighted by molar-refractivity contribution is 0.230. The van der Waals surface area contributed by atoms with Crippen LogP contribution in [0, 0.1) is 17.8 Å². The van der Waals surface area contributed by atoms with Crippen molar-refractivity contribution in [2.75, 3.05) is 12.4 Å². The number of ether oxygens (including phenoxy) is 1. The normalized spacial score (nSPS) is 28.2. The molecule has 4 heteroatoms. The molecule has 2 amide bonds. The highest BCUT2D eigenvalue weighted by Crippen LogP contribution is 2.49. The predicted molar refractivity (Wildman–Crippen MR) is 83.5 cm³/mol. The molecule has 2 aliphatic carbocycles. The number of amides is 2. The first-order chi connectivity index (χ1) is 10.2. The molecular formula is C17H24N2O2. The van der Waals surface area contributed by atoms with Gasteiger partial charge in [0.1, 0.15) is 5.75 Å². The van der Waals surface area contributed by atoms with Crippen molar-refractivity contribution in [1.29, 1.82) is 0 Å². The second-order valence-corrected chi connectivity index (χ2v) is 6.45. The summed E-state index contributed by atoms with van der Waals surface area (Å²) in [7, 11) is 1.63. The minimum atomic E-state index is -0.115. The molecule has 3 rings (SSSR count). The molecule has 0 heterocycles. The average Bonchev–Trinajstić information content (AvgIpc) is 3.10. The molecule has 4 atom stereocenters. The van der Waals surface area contributed by atoms with Gasteiger partial charge in [-0.15, -0.1) is 0 Å². The Morgan fingerprint density at radius 1 is 1.24 bits per heavy atom. The van der Waals surface area contributed by atoms with Gasteiger partial charge in [0, 0.05) is 11.7 Å². The molecule has 0 saturated heterocycles. The molecule has 1 aromatic rings. The number of urea groups is 1. The average molecular weight is 288 g/mol. The number of anilines is 1. The van der Waals surface area contributed by atoms with Crippen LogP contribution in [-0.4, -0.2) is 19.2 Å². The van der Waals surface area contributed by atoms with E-state index in [0.717, 1.165) is 23.3 Å². The first-order valence-corrected chi connectivity index (χ1v) is 7.87. The molecule has 2 N–H and O–H groups in total. The van der Waals surface area contributed by atoms with Gasteiger partial charge in [-0.05, 0) is 68.2 Å². The van der Waals surface area contributed by atoms with Gasteiger partial charge >= 0.3 is 6.03 Å². The Morgan fingerprint density at radius 2 is 2.00 bits per heavy atom. The number of carbonyl (C=O) groups is 1. The lowest BCUT2D eigenvalue weighted by Crippen LogP contribution is -2.42. The van der Waals surface area contributed by atoms with Crippen LogP contribution in [0.3, 0.4) is 0 Å². The SMILES string of the molecule is COc1ccc(NC(=O)N[C@@H](C)[C@@H]2C[C@@H]3CC[C@@H]2C3)cc1. The van der Waals surface area contributed by atoms with E-state index in [2.05, 4.69) is 17.6 Å². The number of hydrogen-bond acceptors (Lipinski definition) is 2. The van der Waals surface area contributed by atoms with Crippen molar-refractivity contribution in [3.8, 4) is 5.75 Å². The third kappa shape index (κ3) is 3.14. The van der Waals surface area contributed by atoms with Gasteiger partial charge in [-0.3, -0.25) is 0 Å². The number of rotatable bonds is 4. The van der Waals surface area contributed by atoms with Crippen molar-refractivity contribution in [1.82, 2.24) is 5.32 Å². The zero-order valence-electron chi connectivity index (χ0n) is 12.8. The molecule has 0 radical (unpaired) electrons. The van der Waals surface area contributed by atoms with Gasteiger partial charge in [0.15, 0.2) is 0 Å². The summed E-state index contributed by atoms with van der Waals surface area (Å²) in [5.41, 5.74) is 0.786. The molecule has 0 spiro atoms. The van der Waals surface area contributed by atoms with Crippen molar-refractivity contribution < 1.29 is 9.53 Å². The van der Waals surface area contributed by atoms with Crippen LogP contribution in [0.4, 0.5) is 10.5 Å². The van der Waals surface area contributed by atoms with Crippen LogP contribution in [0.5, 0.6) is 5.75 Å². The Hall–Kier alpha value is -1.71. The summed E-state index contributed by atoms with van der Waals surface area (Å²) in [6, 6.07) is 7.51. The second kappa shape index (κ2) is 5.96. The summed E-state index contributed by atoms with van der Waals surface area (Å²) in [6.45, 7) is 2.14. The molecule has 21 heavy (non-hydrogen) atoms. The van der Waals surface area contributed by atoms with Crippen LogP contribution < -0.4 is 15.4 Å². The monoisotopic (exact) mass is 288 g/mol. The fourth-order valence-corrected chi connectivity index (χ4v) is 4.06. The van der Waals surface area contributed by atoms with E-state index in [-0.39, 0.29) is 12.1 Å². The van der Waals surface area contributed by atoms with Gasteiger partial charge in [0.05, 0.1) is 7.11 Å². The lowest BCUT2D eigenvalue weighted by Gasteiger charge is -2.28. The number of hydrogen-bond donors (Lipinski definition) is 2. The summed E-state index contributed by atoms with van der Waals surface area (Å²) >= 11 is 0. The maximum atomic E-state index is 12.1. The van der Waals surface area contributed by atoms with Gasteiger partial charge in [-0.1, -0.05) is 6.42 Å². The predicted octanol–water partition coefficient (Wildman–Crippen LogP) is 3.64. The fourth-order valence-electron chi connectivity index (χ4n) is 4.06. The van der Waals surface area contributed by atoms with Crippen LogP contribution in [0.25, 0.3) is 0 Å². The van der Waals surface area contributed by atoms with Crippen molar-refractivity contribution in [2.45, 2.75) is 38.6 Å². The van der Waals surface area contributed by atoms with Gasteiger partial charge in [0.25, 0.3) is 0 Å². The van der Waals surface area contributed by atoms with E-state index in [4.69, 9.17) is 4.74 Å². The van der Waals surface area contributed by atoms with Crippen LogP contribution >= 0.6 is 0 Å². The minimum Gasteiger partial charge on any atom is -0.497 e. The molecule has 1 aromatic carbocycles. The van der Waals surface area contributed by atoms with Gasteiger partial charge < -0.3 is 15.4 Å². The van der Waals surface area contributed by atoms with Crippen molar-refractivity contribution >= 4 is 11.7 Å². The van der Waals surface area contributed by atoms with E-state index in [0.29, 0.717) is 5.92 Å². The number of fused-ring (bicyclic) bond motifs is 2. The molecule has 0 aliphatic heterocycles. The number of nitrogens with one attached hydrogen (secondary N) is 2. The first kappa shape index (κ1) is 14.2. The molecule has 114 valence electrons. The lowest BCUT2D eigenvalue weighted by atomic mass is 9.84. The summed E-state index contributed by atoms with van der Waals surface area (Å²) in [5.74, 6) is 3.18. The third-order valence-corrected chi connectivity index (χ3v) is 5.14. The van der Waals surface area contributed by atoms with Crippen LogP contribution in [-0.2, 0) is 0 Å². The van der Waals surface area contributed by atoms with Crippen molar-refractivity contribution in [3.05, 3.63) is 24.3 Å². The number of carbonyl (C=O) groups excluding carboxylic acids is 1. The van der Waals surface area contributed by atoms with E-state index in [1.165, 1.54) is 25.7 Å². The van der Waals surface area contributed by atoms with E-state index in [1.54, 1.807) is 7.11 Å². The standard InChI is InChI=1S/C17H24N2O2/c1-11(16-10-12-3-4-13(16)9-12)18-17(20)19-14-5-7-15(21-2)8-6-14/h5-8,11-13,16H,3-4,9-10H2,1-2H3,(H2,18,19,20)/t11-,12+,13+,16-/m0/s1. The molecule has 0 aromatic heterocycles. The van der Waals surface area contributed by atoms with Crippen LogP contribution in [0.1, 0.15) is 32.6 Å². The van der Waals surface area contributed by atoms with E-state index >= 15 is 0 Å². The Labute approximate surface area is 126 Å². The second-order valence-electron chi connectivity index (χ2n) is 6.45. The minimum absolute atomic E-state index is 0.115. The Morgan fingerprint density at radius 3 is 2.57 bits per heavy atom. The molecule has 2 bridgehead atoms. The van der Waals surface area contributed by atoms with E-state index < -0.39 is 0 Å². The molecule has 0 unspecified atom stereocenters. The maximum absolute atomic E-state index is 12.1.